The van der Waals surface area contributed by atoms with E-state index in [0.717, 1.165) is 31.6 Å². The summed E-state index contributed by atoms with van der Waals surface area (Å²) in [5.41, 5.74) is 6.92. The fourth-order valence-electron chi connectivity index (χ4n) is 2.53. The Bertz CT molecular complexity index is 1200. The van der Waals surface area contributed by atoms with Crippen molar-refractivity contribution in [2.75, 3.05) is 6.26 Å². The first kappa shape index (κ1) is 24.8. The number of aliphatic hydroxyl groups is 1. The number of hydrazine groups is 1. The molecule has 2 heterocycles. The van der Waals surface area contributed by atoms with E-state index in [1.807, 2.05) is 18.6 Å². The number of rotatable bonds is 5. The van der Waals surface area contributed by atoms with Crippen LogP contribution in [0.1, 0.15) is 40.3 Å². The molecule has 0 fully saturated rings. The Morgan fingerprint density at radius 1 is 1.24 bits per heavy atom. The number of thiophene rings is 1. The number of aromatic nitrogens is 1. The smallest absolute Gasteiger partial charge is 0.426 e. The van der Waals surface area contributed by atoms with Crippen molar-refractivity contribution in [3.63, 3.8) is 0 Å². The van der Waals surface area contributed by atoms with Crippen LogP contribution in [0.4, 0.5) is 4.79 Å². The molecule has 0 aliphatic carbocycles. The number of benzene rings is 1. The first-order valence-electron chi connectivity index (χ1n) is 9.82. The highest BCUT2D eigenvalue weighted by atomic mass is 32.2. The molecule has 0 unspecified atom stereocenters. The van der Waals surface area contributed by atoms with E-state index in [2.05, 4.69) is 27.7 Å². The summed E-state index contributed by atoms with van der Waals surface area (Å²) in [4.78, 5) is 29.4. The third-order valence-corrected chi connectivity index (χ3v) is 7.33. The Kier molecular flexibility index (Phi) is 8.15. The molecular weight excluding hydrogens is 478 g/mol. The second-order valence-electron chi connectivity index (χ2n) is 7.47. The van der Waals surface area contributed by atoms with E-state index in [0.29, 0.717) is 4.88 Å². The molecule has 0 spiro atoms. The average molecular weight is 502 g/mol. The molecule has 0 saturated carbocycles. The predicted octanol–water partition coefficient (Wildman–Crippen LogP) is 4.60. The van der Waals surface area contributed by atoms with Gasteiger partial charge in [-0.05, 0) is 50.8 Å². The maximum Gasteiger partial charge on any atom is 0.426 e. The number of thiazole rings is 1. The molecule has 10 heteroatoms. The van der Waals surface area contributed by atoms with Gasteiger partial charge in [-0.2, -0.15) is 0 Å². The molecule has 0 aliphatic rings. The Morgan fingerprint density at radius 3 is 2.58 bits per heavy atom. The Balaban J connectivity index is 1.51. The number of hydrogen-bond donors (Lipinski definition) is 3. The van der Waals surface area contributed by atoms with Crippen LogP contribution in [-0.2, 0) is 11.3 Å². The second kappa shape index (κ2) is 10.9. The largest absolute Gasteiger partial charge is 0.443 e. The molecule has 7 nitrogen and oxygen atoms in total. The van der Waals surface area contributed by atoms with Crippen LogP contribution in [-0.4, -0.2) is 33.9 Å². The molecule has 0 aliphatic heterocycles. The number of nitrogens with zero attached hydrogens (tertiary/aromatic N) is 1. The zero-order valence-electron chi connectivity index (χ0n) is 18.5. The standard InChI is InChI=1S/C23H23N3O4S3/c1-14-13-32-20(24-14)17-11-18(33-21(17)31-4)19(27)25-26-22(28)30-12-16-7-5-15(6-8-16)9-10-23(2,3)29/h5-8,11,13,29H,12H2,1-4H3,(H,25,27)(H,26,28). The van der Waals surface area contributed by atoms with Crippen LogP contribution < -0.4 is 10.9 Å². The minimum absolute atomic E-state index is 0.0318. The molecule has 0 saturated heterocycles. The van der Waals surface area contributed by atoms with Gasteiger partial charge in [0.2, 0.25) is 0 Å². The fraction of sp³-hybridized carbons (Fsp3) is 0.261. The molecule has 3 N–H and O–H groups in total. The van der Waals surface area contributed by atoms with Gasteiger partial charge >= 0.3 is 6.09 Å². The van der Waals surface area contributed by atoms with Gasteiger partial charge in [-0.25, -0.2) is 15.2 Å². The zero-order valence-corrected chi connectivity index (χ0v) is 21.0. The summed E-state index contributed by atoms with van der Waals surface area (Å²) in [5, 5.41) is 12.5. The predicted molar refractivity (Wildman–Crippen MR) is 132 cm³/mol. The molecule has 3 aromatic rings. The van der Waals surface area contributed by atoms with Gasteiger partial charge in [-0.1, -0.05) is 24.0 Å². The summed E-state index contributed by atoms with van der Waals surface area (Å²) in [7, 11) is 0. The van der Waals surface area contributed by atoms with Gasteiger partial charge in [0.25, 0.3) is 5.91 Å². The lowest BCUT2D eigenvalue weighted by molar-refractivity contribution is 0.0909. The monoisotopic (exact) mass is 501 g/mol. The molecule has 0 radical (unpaired) electrons. The number of nitrogens with one attached hydrogen (secondary N) is 2. The van der Waals surface area contributed by atoms with Crippen LogP contribution in [0.3, 0.4) is 0 Å². The van der Waals surface area contributed by atoms with Crippen molar-refractivity contribution < 1.29 is 19.4 Å². The maximum atomic E-state index is 12.5. The molecule has 172 valence electrons. The first-order chi connectivity index (χ1) is 15.6. The van der Waals surface area contributed by atoms with Crippen molar-refractivity contribution >= 4 is 46.4 Å². The van der Waals surface area contributed by atoms with Gasteiger partial charge < -0.3 is 9.84 Å². The Morgan fingerprint density at radius 2 is 1.97 bits per heavy atom. The lowest BCUT2D eigenvalue weighted by atomic mass is 10.1. The van der Waals surface area contributed by atoms with Gasteiger partial charge in [0.05, 0.1) is 9.09 Å². The third-order valence-electron chi connectivity index (χ3n) is 4.07. The lowest BCUT2D eigenvalue weighted by Crippen LogP contribution is -2.41. The molecule has 0 bridgehead atoms. The molecular formula is C23H23N3O4S3. The van der Waals surface area contributed by atoms with Crippen LogP contribution in [0.15, 0.2) is 39.9 Å². The normalized spacial score (nSPS) is 10.8. The summed E-state index contributed by atoms with van der Waals surface area (Å²) in [6.45, 7) is 5.18. The number of hydrogen-bond acceptors (Lipinski definition) is 8. The van der Waals surface area contributed by atoms with E-state index in [-0.39, 0.29) is 6.61 Å². The highest BCUT2D eigenvalue weighted by Crippen LogP contribution is 2.39. The molecule has 2 aromatic heterocycles. The number of ether oxygens (including phenoxy) is 1. The van der Waals surface area contributed by atoms with E-state index < -0.39 is 17.6 Å². The third kappa shape index (κ3) is 7.33. The van der Waals surface area contributed by atoms with Crippen LogP contribution in [0, 0.1) is 18.8 Å². The van der Waals surface area contributed by atoms with E-state index in [9.17, 15) is 14.7 Å². The van der Waals surface area contributed by atoms with Crippen molar-refractivity contribution in [1.82, 2.24) is 15.8 Å². The van der Waals surface area contributed by atoms with E-state index in [1.54, 1.807) is 55.9 Å². The maximum absolute atomic E-state index is 12.5. The van der Waals surface area contributed by atoms with Crippen molar-refractivity contribution in [2.45, 2.75) is 37.2 Å². The number of carbonyl (C=O) groups is 2. The zero-order chi connectivity index (χ0) is 24.0. The highest BCUT2D eigenvalue weighted by Gasteiger charge is 2.18. The van der Waals surface area contributed by atoms with E-state index in [4.69, 9.17) is 4.74 Å². The summed E-state index contributed by atoms with van der Waals surface area (Å²) in [5.74, 6) is 5.18. The Hall–Kier alpha value is -2.84. The van der Waals surface area contributed by atoms with Crippen molar-refractivity contribution in [3.8, 4) is 22.4 Å². The van der Waals surface area contributed by atoms with Crippen molar-refractivity contribution in [1.29, 1.82) is 0 Å². The van der Waals surface area contributed by atoms with Gasteiger partial charge in [-0.3, -0.25) is 10.2 Å². The lowest BCUT2D eigenvalue weighted by Gasteiger charge is -2.08. The highest BCUT2D eigenvalue weighted by molar-refractivity contribution is 8.00. The number of carbonyl (C=O) groups excluding carboxylic acids is 2. The minimum atomic E-state index is -1.06. The average Bonchev–Trinajstić information content (AvgIpc) is 3.40. The summed E-state index contributed by atoms with van der Waals surface area (Å²) in [6, 6.07) is 8.88. The topological polar surface area (TPSA) is 101 Å². The molecule has 1 aromatic carbocycles. The number of thioether (sulfide) groups is 1. The summed E-state index contributed by atoms with van der Waals surface area (Å²) >= 11 is 4.41. The van der Waals surface area contributed by atoms with Crippen LogP contribution in [0.25, 0.3) is 10.6 Å². The molecule has 33 heavy (non-hydrogen) atoms. The molecule has 0 atom stereocenters. The second-order valence-corrected chi connectivity index (χ2v) is 10.5. The number of amides is 2. The quantitative estimate of drug-likeness (QED) is 0.269. The van der Waals surface area contributed by atoms with Gasteiger partial charge in [0.1, 0.15) is 17.2 Å². The Labute approximate surface area is 204 Å². The van der Waals surface area contributed by atoms with Crippen LogP contribution in [0.5, 0.6) is 0 Å². The van der Waals surface area contributed by atoms with Gasteiger partial charge in [0, 0.05) is 22.2 Å². The SMILES string of the molecule is CSc1sc(C(=O)NNC(=O)OCc2ccc(C#CC(C)(C)O)cc2)cc1-c1nc(C)cs1. The van der Waals surface area contributed by atoms with Crippen LogP contribution in [0.2, 0.25) is 0 Å². The van der Waals surface area contributed by atoms with Crippen LogP contribution >= 0.6 is 34.4 Å². The fourth-order valence-corrected chi connectivity index (χ4v) is 5.24. The summed E-state index contributed by atoms with van der Waals surface area (Å²) < 4.78 is 6.12. The van der Waals surface area contributed by atoms with Gasteiger partial charge in [0.15, 0.2) is 0 Å². The first-order valence-corrected chi connectivity index (χ1v) is 12.7. The van der Waals surface area contributed by atoms with Crippen molar-refractivity contribution in [2.24, 2.45) is 0 Å². The van der Waals surface area contributed by atoms with E-state index in [1.165, 1.54) is 22.7 Å². The molecule has 3 rings (SSSR count). The van der Waals surface area contributed by atoms with Gasteiger partial charge in [-0.15, -0.1) is 34.4 Å². The molecule has 2 amide bonds. The number of aryl methyl sites for hydroxylation is 1. The minimum Gasteiger partial charge on any atom is -0.443 e. The summed E-state index contributed by atoms with van der Waals surface area (Å²) in [6.07, 6.45) is 1.17. The van der Waals surface area contributed by atoms with Crippen molar-refractivity contribution in [3.05, 3.63) is 57.4 Å². The van der Waals surface area contributed by atoms with E-state index >= 15 is 0 Å².